The molecule has 1 aromatic carbocycles. The molecule has 0 heterocycles. The van der Waals surface area contributed by atoms with Crippen LogP contribution >= 0.6 is 12.1 Å². The molecule has 0 saturated carbocycles. The molecule has 3 nitrogen and oxygen atoms in total. The summed E-state index contributed by atoms with van der Waals surface area (Å²) in [6.45, 7) is 1.70. The Kier molecular flexibility index (Phi) is 2.65. The first-order valence-electron chi connectivity index (χ1n) is 3.19. The molecule has 0 aliphatic heterocycles. The lowest BCUT2D eigenvalue weighted by Crippen LogP contribution is -1.88. The third-order valence-corrected chi connectivity index (χ3v) is 2.07. The summed E-state index contributed by atoms with van der Waals surface area (Å²) in [4.78, 5) is 10.0. The van der Waals surface area contributed by atoms with E-state index in [2.05, 4.69) is 0 Å². The minimum atomic E-state index is -0.542. The van der Waals surface area contributed by atoms with Crippen LogP contribution in [0.2, 0.25) is 0 Å². The van der Waals surface area contributed by atoms with Crippen molar-refractivity contribution in [3.8, 4) is 0 Å². The molecule has 0 aliphatic rings. The standard InChI is InChI=1S/C7H6FNO2S/c1-5-2-3-6(9(10)11)4-7(5)12-8/h2-4H,1H3. The third kappa shape index (κ3) is 1.73. The lowest BCUT2D eigenvalue weighted by molar-refractivity contribution is -0.385. The van der Waals surface area contributed by atoms with Crippen molar-refractivity contribution < 1.29 is 8.81 Å². The maximum atomic E-state index is 12.1. The highest BCUT2D eigenvalue weighted by molar-refractivity contribution is 7.94. The summed E-state index contributed by atoms with van der Waals surface area (Å²) in [5.41, 5.74) is 0.619. The van der Waals surface area contributed by atoms with Crippen molar-refractivity contribution in [1.29, 1.82) is 0 Å². The first-order valence-corrected chi connectivity index (χ1v) is 3.90. The first kappa shape index (κ1) is 8.99. The molecule has 0 aromatic heterocycles. The number of nitro benzene ring substituents is 1. The fraction of sp³-hybridized carbons (Fsp3) is 0.143. The Hall–Kier alpha value is -1.10. The maximum absolute atomic E-state index is 12.1. The second-order valence-corrected chi connectivity index (χ2v) is 2.88. The van der Waals surface area contributed by atoms with E-state index in [0.717, 1.165) is 0 Å². The van der Waals surface area contributed by atoms with Gasteiger partial charge in [-0.25, -0.2) is 0 Å². The van der Waals surface area contributed by atoms with Gasteiger partial charge in [0, 0.05) is 12.1 Å². The highest BCUT2D eigenvalue weighted by Gasteiger charge is 2.08. The predicted molar refractivity (Wildman–Crippen MR) is 44.8 cm³/mol. The van der Waals surface area contributed by atoms with Gasteiger partial charge in [0.1, 0.15) is 0 Å². The lowest BCUT2D eigenvalue weighted by Gasteiger charge is -1.97. The van der Waals surface area contributed by atoms with E-state index in [4.69, 9.17) is 0 Å². The molecular weight excluding hydrogens is 181 g/mol. The molecular formula is C7H6FNO2S. The number of non-ortho nitro benzene ring substituents is 1. The van der Waals surface area contributed by atoms with Gasteiger partial charge in [0.15, 0.2) is 0 Å². The number of hydrogen-bond acceptors (Lipinski definition) is 3. The van der Waals surface area contributed by atoms with Crippen LogP contribution in [-0.4, -0.2) is 4.92 Å². The fourth-order valence-corrected chi connectivity index (χ4v) is 1.14. The topological polar surface area (TPSA) is 43.1 Å². The largest absolute Gasteiger partial charge is 0.270 e. The van der Waals surface area contributed by atoms with E-state index < -0.39 is 4.92 Å². The van der Waals surface area contributed by atoms with Crippen molar-refractivity contribution in [2.45, 2.75) is 11.8 Å². The van der Waals surface area contributed by atoms with Gasteiger partial charge < -0.3 is 0 Å². The number of halogens is 1. The molecule has 0 saturated heterocycles. The molecule has 1 aromatic rings. The number of rotatable bonds is 2. The van der Waals surface area contributed by atoms with Crippen molar-refractivity contribution >= 4 is 17.8 Å². The Labute approximate surface area is 73.0 Å². The van der Waals surface area contributed by atoms with Gasteiger partial charge >= 0.3 is 0 Å². The molecule has 5 heteroatoms. The Morgan fingerprint density at radius 1 is 1.58 bits per heavy atom. The van der Waals surface area contributed by atoms with E-state index in [9.17, 15) is 14.0 Å². The Balaban J connectivity index is 3.13. The quantitative estimate of drug-likeness (QED) is 0.528. The minimum Gasteiger partial charge on any atom is -0.258 e. The van der Waals surface area contributed by atoms with E-state index in [1.807, 2.05) is 0 Å². The summed E-state index contributed by atoms with van der Waals surface area (Å²) in [6, 6.07) is 4.11. The van der Waals surface area contributed by atoms with Crippen LogP contribution < -0.4 is 0 Å². The molecule has 0 spiro atoms. The monoisotopic (exact) mass is 187 g/mol. The molecule has 0 atom stereocenters. The molecule has 0 fully saturated rings. The van der Waals surface area contributed by atoms with Crippen LogP contribution in [0.25, 0.3) is 0 Å². The van der Waals surface area contributed by atoms with Gasteiger partial charge in [0.05, 0.1) is 22.0 Å². The van der Waals surface area contributed by atoms with Gasteiger partial charge in [-0.3, -0.25) is 10.1 Å². The first-order chi connectivity index (χ1) is 5.65. The molecule has 0 unspecified atom stereocenters. The number of nitrogens with zero attached hydrogens (tertiary/aromatic N) is 1. The van der Waals surface area contributed by atoms with E-state index in [1.165, 1.54) is 18.2 Å². The lowest BCUT2D eigenvalue weighted by atomic mass is 10.2. The zero-order chi connectivity index (χ0) is 9.14. The Bertz CT molecular complexity index is 316. The molecule has 0 bridgehead atoms. The van der Waals surface area contributed by atoms with Crippen LogP contribution in [0.4, 0.5) is 9.57 Å². The highest BCUT2D eigenvalue weighted by Crippen LogP contribution is 2.26. The van der Waals surface area contributed by atoms with Gasteiger partial charge in [0.25, 0.3) is 5.69 Å². The van der Waals surface area contributed by atoms with Gasteiger partial charge in [-0.1, -0.05) is 6.07 Å². The summed E-state index contributed by atoms with van der Waals surface area (Å²) in [5.74, 6) is 0. The minimum absolute atomic E-state index is 0.0225. The van der Waals surface area contributed by atoms with E-state index in [0.29, 0.717) is 10.5 Å². The Morgan fingerprint density at radius 3 is 2.75 bits per heavy atom. The summed E-state index contributed by atoms with van der Waals surface area (Å²) in [6.07, 6.45) is 0. The average molecular weight is 187 g/mol. The van der Waals surface area contributed by atoms with Crippen molar-refractivity contribution in [3.05, 3.63) is 33.9 Å². The smallest absolute Gasteiger partial charge is 0.258 e. The molecule has 12 heavy (non-hydrogen) atoms. The summed E-state index contributed by atoms with van der Waals surface area (Å²) in [5, 5.41) is 10.3. The number of nitro groups is 1. The Morgan fingerprint density at radius 2 is 2.25 bits per heavy atom. The second kappa shape index (κ2) is 3.53. The molecule has 1 rings (SSSR count). The van der Waals surface area contributed by atoms with E-state index in [-0.39, 0.29) is 17.8 Å². The van der Waals surface area contributed by atoms with Crippen LogP contribution in [0.15, 0.2) is 23.1 Å². The fourth-order valence-electron chi connectivity index (χ4n) is 0.785. The van der Waals surface area contributed by atoms with E-state index >= 15 is 0 Å². The SMILES string of the molecule is Cc1ccc([N+](=O)[O-])cc1SF. The van der Waals surface area contributed by atoms with E-state index in [1.54, 1.807) is 6.92 Å². The van der Waals surface area contributed by atoms with Gasteiger partial charge in [-0.15, -0.1) is 0 Å². The molecule has 0 N–H and O–H groups in total. The van der Waals surface area contributed by atoms with Crippen LogP contribution in [0.5, 0.6) is 0 Å². The highest BCUT2D eigenvalue weighted by atomic mass is 32.2. The van der Waals surface area contributed by atoms with Crippen LogP contribution in [0, 0.1) is 17.0 Å². The molecule has 0 aliphatic carbocycles. The van der Waals surface area contributed by atoms with Crippen molar-refractivity contribution in [2.75, 3.05) is 0 Å². The van der Waals surface area contributed by atoms with Crippen molar-refractivity contribution in [1.82, 2.24) is 0 Å². The normalized spacial score (nSPS) is 9.83. The molecule has 64 valence electrons. The second-order valence-electron chi connectivity index (χ2n) is 2.28. The van der Waals surface area contributed by atoms with Crippen molar-refractivity contribution in [2.24, 2.45) is 0 Å². The number of hydrogen-bond donors (Lipinski definition) is 0. The predicted octanol–water partition coefficient (Wildman–Crippen LogP) is 2.88. The van der Waals surface area contributed by atoms with Gasteiger partial charge in [0.2, 0.25) is 0 Å². The van der Waals surface area contributed by atoms with Crippen LogP contribution in [0.1, 0.15) is 5.56 Å². The summed E-state index contributed by atoms with van der Waals surface area (Å²) >= 11 is 0.0225. The van der Waals surface area contributed by atoms with Gasteiger partial charge in [-0.05, 0) is 12.5 Å². The van der Waals surface area contributed by atoms with Crippen LogP contribution in [0.3, 0.4) is 0 Å². The van der Waals surface area contributed by atoms with Gasteiger partial charge in [-0.2, -0.15) is 3.89 Å². The zero-order valence-corrected chi connectivity index (χ0v) is 7.10. The van der Waals surface area contributed by atoms with Crippen LogP contribution in [-0.2, 0) is 0 Å². The summed E-state index contributed by atoms with van der Waals surface area (Å²) in [7, 11) is 0. The third-order valence-electron chi connectivity index (χ3n) is 1.47. The molecule has 0 amide bonds. The maximum Gasteiger partial charge on any atom is 0.270 e. The number of aryl methyl sites for hydroxylation is 1. The average Bonchev–Trinajstić information content (AvgIpc) is 2.05. The summed E-state index contributed by atoms with van der Waals surface area (Å²) < 4.78 is 12.1. The molecule has 0 radical (unpaired) electrons. The zero-order valence-electron chi connectivity index (χ0n) is 6.28. The van der Waals surface area contributed by atoms with Crippen molar-refractivity contribution in [3.63, 3.8) is 0 Å². The number of benzene rings is 1.